The lowest BCUT2D eigenvalue weighted by Gasteiger charge is -2.59. The zero-order valence-corrected chi connectivity index (χ0v) is 15.6. The minimum absolute atomic E-state index is 0.117. The zero-order valence-electron chi connectivity index (χ0n) is 15.6. The molecule has 2 bridgehead atoms. The molecule has 10 heteroatoms. The molecular formula is C18H23F5O5. The van der Waals surface area contributed by atoms with Gasteiger partial charge in [-0.2, -0.15) is 22.0 Å². The number of aliphatic hydroxyl groups is 1. The summed E-state index contributed by atoms with van der Waals surface area (Å²) in [6.07, 6.45) is -5.45. The van der Waals surface area contributed by atoms with Crippen LogP contribution in [0.2, 0.25) is 0 Å². The second kappa shape index (κ2) is 6.37. The maximum Gasteiger partial charge on any atom is 0.449 e. The van der Waals surface area contributed by atoms with E-state index in [1.54, 1.807) is 6.92 Å². The molecule has 3 rings (SSSR count). The number of alkyl halides is 5. The van der Waals surface area contributed by atoms with Gasteiger partial charge in [0.1, 0.15) is 11.2 Å². The minimum atomic E-state index is -5.71. The van der Waals surface area contributed by atoms with E-state index >= 15 is 8.78 Å². The lowest BCUT2D eigenvalue weighted by molar-refractivity contribution is -0.511. The smallest absolute Gasteiger partial charge is 0.449 e. The van der Waals surface area contributed by atoms with Crippen molar-refractivity contribution in [2.75, 3.05) is 6.79 Å². The molecule has 3 aliphatic rings. The van der Waals surface area contributed by atoms with Crippen molar-refractivity contribution in [3.05, 3.63) is 12.2 Å². The Labute approximate surface area is 158 Å². The Morgan fingerprint density at radius 2 is 1.89 bits per heavy atom. The molecule has 3 fully saturated rings. The third-order valence-electron chi connectivity index (χ3n) is 6.21. The van der Waals surface area contributed by atoms with Crippen LogP contribution in [0.15, 0.2) is 12.2 Å². The van der Waals surface area contributed by atoms with Crippen molar-refractivity contribution in [2.45, 2.75) is 75.0 Å². The van der Waals surface area contributed by atoms with Crippen molar-refractivity contribution in [1.29, 1.82) is 0 Å². The van der Waals surface area contributed by atoms with E-state index in [1.807, 2.05) is 0 Å². The van der Waals surface area contributed by atoms with Crippen LogP contribution in [0.4, 0.5) is 22.0 Å². The van der Waals surface area contributed by atoms with Gasteiger partial charge in [-0.05, 0) is 57.8 Å². The molecule has 1 spiro atoms. The van der Waals surface area contributed by atoms with Gasteiger partial charge in [-0.25, -0.2) is 4.79 Å². The Morgan fingerprint density at radius 1 is 1.25 bits per heavy atom. The summed E-state index contributed by atoms with van der Waals surface area (Å²) in [5.74, 6) is -11.3. The summed E-state index contributed by atoms with van der Waals surface area (Å²) in [6, 6.07) is 0. The quantitative estimate of drug-likeness (QED) is 0.424. The maximum atomic E-state index is 15.2. The fourth-order valence-corrected chi connectivity index (χ4v) is 4.93. The molecule has 1 heterocycles. The first-order chi connectivity index (χ1) is 12.7. The van der Waals surface area contributed by atoms with E-state index in [0.29, 0.717) is 6.42 Å². The third-order valence-corrected chi connectivity index (χ3v) is 6.21. The molecule has 0 amide bonds. The van der Waals surface area contributed by atoms with E-state index in [0.717, 1.165) is 0 Å². The Kier molecular flexibility index (Phi) is 4.88. The van der Waals surface area contributed by atoms with Gasteiger partial charge >= 0.3 is 23.9 Å². The Morgan fingerprint density at radius 3 is 2.46 bits per heavy atom. The highest BCUT2D eigenvalue weighted by Crippen LogP contribution is 2.62. The molecule has 5 nitrogen and oxygen atoms in total. The third kappa shape index (κ3) is 2.95. The fraction of sp³-hybridized carbons (Fsp3) is 0.833. The van der Waals surface area contributed by atoms with Crippen LogP contribution >= 0.6 is 0 Å². The lowest BCUT2D eigenvalue weighted by Crippen LogP contribution is -2.76. The summed E-state index contributed by atoms with van der Waals surface area (Å²) in [4.78, 5) is 12.0. The fourth-order valence-electron chi connectivity index (χ4n) is 4.93. The summed E-state index contributed by atoms with van der Waals surface area (Å²) in [5.41, 5.74) is -3.58. The highest BCUT2D eigenvalue weighted by atomic mass is 19.4. The van der Waals surface area contributed by atoms with Crippen molar-refractivity contribution < 1.29 is 46.1 Å². The van der Waals surface area contributed by atoms with E-state index in [4.69, 9.17) is 9.47 Å². The average Bonchev–Trinajstić information content (AvgIpc) is 2.53. The molecule has 28 heavy (non-hydrogen) atoms. The number of halogens is 5. The molecule has 0 radical (unpaired) electrons. The topological polar surface area (TPSA) is 65.0 Å². The van der Waals surface area contributed by atoms with Crippen molar-refractivity contribution in [1.82, 2.24) is 0 Å². The van der Waals surface area contributed by atoms with Crippen LogP contribution in [-0.2, 0) is 19.0 Å². The van der Waals surface area contributed by atoms with E-state index in [1.165, 1.54) is 6.92 Å². The van der Waals surface area contributed by atoms with E-state index < -0.39 is 47.8 Å². The molecule has 2 saturated carbocycles. The summed E-state index contributed by atoms with van der Waals surface area (Å²) >= 11 is 0. The van der Waals surface area contributed by atoms with Gasteiger partial charge in [0.15, 0.2) is 6.79 Å². The van der Waals surface area contributed by atoms with Crippen LogP contribution in [0.1, 0.15) is 46.0 Å². The Balaban J connectivity index is 1.96. The van der Waals surface area contributed by atoms with Crippen LogP contribution in [0.25, 0.3) is 0 Å². The number of ether oxygens (including phenoxy) is 3. The Bertz CT molecular complexity index is 680. The lowest BCUT2D eigenvalue weighted by atomic mass is 9.57. The molecule has 0 aromatic heterocycles. The van der Waals surface area contributed by atoms with Gasteiger partial charge in [0.25, 0.3) is 0 Å². The van der Waals surface area contributed by atoms with Gasteiger partial charge < -0.3 is 19.3 Å². The molecule has 1 aliphatic heterocycles. The van der Waals surface area contributed by atoms with Gasteiger partial charge in [-0.15, -0.1) is 0 Å². The first-order valence-corrected chi connectivity index (χ1v) is 9.01. The number of carbonyl (C=O) groups is 1. The molecule has 4 unspecified atom stereocenters. The number of esters is 1. The van der Waals surface area contributed by atoms with Crippen molar-refractivity contribution in [2.24, 2.45) is 11.8 Å². The van der Waals surface area contributed by atoms with Gasteiger partial charge in [-0.3, -0.25) is 0 Å². The second-order valence-electron chi connectivity index (χ2n) is 8.38. The number of fused-ring (bicyclic) bond motifs is 3. The molecule has 1 saturated heterocycles. The summed E-state index contributed by atoms with van der Waals surface area (Å²) in [6.45, 7) is 5.38. The van der Waals surface area contributed by atoms with Gasteiger partial charge in [0.05, 0.1) is 0 Å². The number of hydrogen-bond donors (Lipinski definition) is 1. The van der Waals surface area contributed by atoms with Crippen LogP contribution < -0.4 is 0 Å². The second-order valence-corrected chi connectivity index (χ2v) is 8.38. The zero-order chi connectivity index (χ0) is 21.2. The van der Waals surface area contributed by atoms with Gasteiger partial charge in [0.2, 0.25) is 0 Å². The first kappa shape index (κ1) is 21.4. The predicted molar refractivity (Wildman–Crippen MR) is 85.1 cm³/mol. The van der Waals surface area contributed by atoms with Crippen molar-refractivity contribution in [3.63, 3.8) is 0 Å². The maximum absolute atomic E-state index is 15.2. The van der Waals surface area contributed by atoms with Crippen molar-refractivity contribution >= 4 is 5.97 Å². The molecule has 160 valence electrons. The van der Waals surface area contributed by atoms with E-state index in [-0.39, 0.29) is 37.2 Å². The normalized spacial score (nSPS) is 42.9. The Hall–Kier alpha value is -1.26. The monoisotopic (exact) mass is 414 g/mol. The SMILES string of the molecule is C=C(C)C(=O)O[C@]1(C)CC2CCC3(OCOC(O)(C(F)(F)F)C3(F)F)C(C2)C1. The summed E-state index contributed by atoms with van der Waals surface area (Å²) in [7, 11) is 0. The molecule has 5 atom stereocenters. The average molecular weight is 414 g/mol. The number of hydrogen-bond acceptors (Lipinski definition) is 5. The highest BCUT2D eigenvalue weighted by molar-refractivity contribution is 5.87. The molecule has 0 aromatic rings. The summed E-state index contributed by atoms with van der Waals surface area (Å²) < 4.78 is 84.9. The standard InChI is InChI=1S/C18H23F5O5/c1-10(2)13(24)28-14(3)7-11-4-5-15(12(6-11)8-14)16(19,20)17(25,18(21,22)23)27-9-26-15/h11-12,25H,1,4-9H2,2-3H3/t11?,12?,14-,15?,17?/m1/s1. The predicted octanol–water partition coefficient (Wildman–Crippen LogP) is 3.70. The van der Waals surface area contributed by atoms with Crippen LogP contribution in [0.5, 0.6) is 0 Å². The molecule has 2 aliphatic carbocycles. The van der Waals surface area contributed by atoms with Gasteiger partial charge in [0, 0.05) is 5.57 Å². The van der Waals surface area contributed by atoms with Crippen molar-refractivity contribution in [3.8, 4) is 0 Å². The van der Waals surface area contributed by atoms with Crippen LogP contribution in [0, 0.1) is 11.8 Å². The van der Waals surface area contributed by atoms with E-state index in [2.05, 4.69) is 11.3 Å². The molecular weight excluding hydrogens is 391 g/mol. The number of rotatable bonds is 2. The van der Waals surface area contributed by atoms with E-state index in [9.17, 15) is 23.1 Å². The van der Waals surface area contributed by atoms with Gasteiger partial charge in [-0.1, -0.05) is 6.58 Å². The largest absolute Gasteiger partial charge is 0.456 e. The molecule has 1 N–H and O–H groups in total. The van der Waals surface area contributed by atoms with Crippen LogP contribution in [0.3, 0.4) is 0 Å². The minimum Gasteiger partial charge on any atom is -0.456 e. The first-order valence-electron chi connectivity index (χ1n) is 9.01. The molecule has 0 aromatic carbocycles. The number of carbonyl (C=O) groups excluding carboxylic acids is 1. The highest BCUT2D eigenvalue weighted by Gasteiger charge is 2.82. The summed E-state index contributed by atoms with van der Waals surface area (Å²) in [5, 5.41) is 9.82. The van der Waals surface area contributed by atoms with Crippen LogP contribution in [-0.4, -0.2) is 47.0 Å².